The highest BCUT2D eigenvalue weighted by molar-refractivity contribution is 4.67. The summed E-state index contributed by atoms with van der Waals surface area (Å²) >= 11 is 0. The third-order valence-corrected chi connectivity index (χ3v) is 3.00. The zero-order chi connectivity index (χ0) is 8.81. The Morgan fingerprint density at radius 1 is 1.08 bits per heavy atom. The fourth-order valence-electron chi connectivity index (χ4n) is 2.27. The summed E-state index contributed by atoms with van der Waals surface area (Å²) in [6, 6.07) is 0. The van der Waals surface area contributed by atoms with Crippen molar-refractivity contribution in [2.24, 2.45) is 5.92 Å². The standard InChI is InChI=1S/C11H22O/c1-2-5-10-6-3-8-11(12)9-4-7-10/h10-12H,2-9H2,1H3. The van der Waals surface area contributed by atoms with Gasteiger partial charge in [0.2, 0.25) is 0 Å². The second-order valence-corrected chi connectivity index (χ2v) is 4.17. The third kappa shape index (κ3) is 3.57. The molecular weight excluding hydrogens is 148 g/mol. The number of aliphatic hydroxyl groups excluding tert-OH is 1. The van der Waals surface area contributed by atoms with E-state index in [0.29, 0.717) is 0 Å². The van der Waals surface area contributed by atoms with Crippen LogP contribution in [0, 0.1) is 5.92 Å². The van der Waals surface area contributed by atoms with Gasteiger partial charge >= 0.3 is 0 Å². The summed E-state index contributed by atoms with van der Waals surface area (Å²) in [4.78, 5) is 0. The molecule has 1 aliphatic rings. The lowest BCUT2D eigenvalue weighted by Gasteiger charge is -2.21. The van der Waals surface area contributed by atoms with E-state index in [9.17, 15) is 5.11 Å². The van der Waals surface area contributed by atoms with Crippen molar-refractivity contribution in [3.63, 3.8) is 0 Å². The van der Waals surface area contributed by atoms with Crippen LogP contribution in [0.2, 0.25) is 0 Å². The molecular formula is C11H22O. The van der Waals surface area contributed by atoms with Crippen molar-refractivity contribution in [2.45, 2.75) is 64.4 Å². The van der Waals surface area contributed by atoms with Crippen LogP contribution in [0.5, 0.6) is 0 Å². The lowest BCUT2D eigenvalue weighted by Crippen LogP contribution is -2.12. The molecule has 0 aromatic carbocycles. The molecule has 0 amide bonds. The molecule has 0 unspecified atom stereocenters. The number of aliphatic hydroxyl groups is 1. The lowest BCUT2D eigenvalue weighted by atomic mass is 9.87. The normalized spacial score (nSPS) is 32.5. The Morgan fingerprint density at radius 3 is 2.17 bits per heavy atom. The first-order valence-electron chi connectivity index (χ1n) is 5.51. The van der Waals surface area contributed by atoms with Gasteiger partial charge in [-0.25, -0.2) is 0 Å². The van der Waals surface area contributed by atoms with Crippen LogP contribution in [-0.4, -0.2) is 11.2 Å². The predicted octanol–water partition coefficient (Wildman–Crippen LogP) is 3.12. The van der Waals surface area contributed by atoms with E-state index in [1.54, 1.807) is 0 Å². The summed E-state index contributed by atoms with van der Waals surface area (Å²) in [5, 5.41) is 9.43. The SMILES string of the molecule is CCCC1CCCC(O)CCC1. The molecule has 1 nitrogen and oxygen atoms in total. The maximum atomic E-state index is 9.43. The molecule has 0 spiro atoms. The molecule has 1 rings (SSSR count). The van der Waals surface area contributed by atoms with Gasteiger partial charge in [0.25, 0.3) is 0 Å². The number of rotatable bonds is 2. The van der Waals surface area contributed by atoms with Gasteiger partial charge in [0.1, 0.15) is 0 Å². The molecule has 1 N–H and O–H groups in total. The molecule has 72 valence electrons. The Hall–Kier alpha value is -0.0400. The molecule has 0 aromatic rings. The first kappa shape index (κ1) is 10.0. The fraction of sp³-hybridized carbons (Fsp3) is 1.00. The van der Waals surface area contributed by atoms with Gasteiger partial charge < -0.3 is 5.11 Å². The van der Waals surface area contributed by atoms with Crippen LogP contribution in [0.4, 0.5) is 0 Å². The minimum absolute atomic E-state index is 0.00702. The van der Waals surface area contributed by atoms with Crippen molar-refractivity contribution in [2.75, 3.05) is 0 Å². The first-order chi connectivity index (χ1) is 5.83. The Bertz CT molecular complexity index is 102. The second-order valence-electron chi connectivity index (χ2n) is 4.17. The van der Waals surface area contributed by atoms with Gasteiger partial charge in [-0.3, -0.25) is 0 Å². The largest absolute Gasteiger partial charge is 0.393 e. The van der Waals surface area contributed by atoms with Crippen LogP contribution in [0.25, 0.3) is 0 Å². The zero-order valence-electron chi connectivity index (χ0n) is 8.26. The molecule has 1 saturated carbocycles. The Morgan fingerprint density at radius 2 is 1.67 bits per heavy atom. The van der Waals surface area contributed by atoms with Gasteiger partial charge in [-0.05, 0) is 18.8 Å². The van der Waals surface area contributed by atoms with Crippen molar-refractivity contribution in [1.29, 1.82) is 0 Å². The van der Waals surface area contributed by atoms with Crippen LogP contribution in [-0.2, 0) is 0 Å². The van der Waals surface area contributed by atoms with Gasteiger partial charge in [-0.2, -0.15) is 0 Å². The molecule has 0 saturated heterocycles. The molecule has 0 bridgehead atoms. The summed E-state index contributed by atoms with van der Waals surface area (Å²) in [5.74, 6) is 0.961. The summed E-state index contributed by atoms with van der Waals surface area (Å²) in [7, 11) is 0. The van der Waals surface area contributed by atoms with E-state index in [2.05, 4.69) is 6.92 Å². The average molecular weight is 170 g/mol. The maximum absolute atomic E-state index is 9.43. The summed E-state index contributed by atoms with van der Waals surface area (Å²) < 4.78 is 0. The highest BCUT2D eigenvalue weighted by Gasteiger charge is 2.13. The predicted molar refractivity (Wildman–Crippen MR) is 52.1 cm³/mol. The van der Waals surface area contributed by atoms with Crippen LogP contribution in [0.1, 0.15) is 58.3 Å². The van der Waals surface area contributed by atoms with Crippen molar-refractivity contribution in [3.8, 4) is 0 Å². The van der Waals surface area contributed by atoms with Crippen molar-refractivity contribution in [3.05, 3.63) is 0 Å². The van der Waals surface area contributed by atoms with E-state index in [1.165, 1.54) is 38.5 Å². The summed E-state index contributed by atoms with van der Waals surface area (Å²) in [5.41, 5.74) is 0. The van der Waals surface area contributed by atoms with Gasteiger partial charge in [-0.15, -0.1) is 0 Å². The fourth-order valence-corrected chi connectivity index (χ4v) is 2.27. The minimum Gasteiger partial charge on any atom is -0.393 e. The van der Waals surface area contributed by atoms with E-state index >= 15 is 0 Å². The molecule has 0 aromatic heterocycles. The maximum Gasteiger partial charge on any atom is 0.0540 e. The van der Waals surface area contributed by atoms with Crippen LogP contribution in [0.15, 0.2) is 0 Å². The number of hydrogen-bond acceptors (Lipinski definition) is 1. The van der Waals surface area contributed by atoms with Gasteiger partial charge in [0.15, 0.2) is 0 Å². The van der Waals surface area contributed by atoms with Crippen LogP contribution < -0.4 is 0 Å². The highest BCUT2D eigenvalue weighted by Crippen LogP contribution is 2.25. The highest BCUT2D eigenvalue weighted by atomic mass is 16.3. The van der Waals surface area contributed by atoms with E-state index in [-0.39, 0.29) is 6.10 Å². The van der Waals surface area contributed by atoms with Crippen molar-refractivity contribution >= 4 is 0 Å². The monoisotopic (exact) mass is 170 g/mol. The third-order valence-electron chi connectivity index (χ3n) is 3.00. The Kier molecular flexibility index (Phi) is 4.67. The lowest BCUT2D eigenvalue weighted by molar-refractivity contribution is 0.133. The Labute approximate surface area is 76.2 Å². The minimum atomic E-state index is 0.00702. The second kappa shape index (κ2) is 5.58. The van der Waals surface area contributed by atoms with Crippen molar-refractivity contribution in [1.82, 2.24) is 0 Å². The van der Waals surface area contributed by atoms with Crippen LogP contribution >= 0.6 is 0 Å². The van der Waals surface area contributed by atoms with E-state index in [1.807, 2.05) is 0 Å². The summed E-state index contributed by atoms with van der Waals surface area (Å²) in [6.45, 7) is 2.27. The average Bonchev–Trinajstić information content (AvgIpc) is 2.00. The van der Waals surface area contributed by atoms with Gasteiger partial charge in [-0.1, -0.05) is 45.4 Å². The molecule has 1 fully saturated rings. The van der Waals surface area contributed by atoms with Gasteiger partial charge in [0.05, 0.1) is 6.10 Å². The van der Waals surface area contributed by atoms with E-state index < -0.39 is 0 Å². The van der Waals surface area contributed by atoms with Crippen molar-refractivity contribution < 1.29 is 5.11 Å². The molecule has 1 heteroatoms. The van der Waals surface area contributed by atoms with E-state index in [0.717, 1.165) is 18.8 Å². The van der Waals surface area contributed by atoms with E-state index in [4.69, 9.17) is 0 Å². The first-order valence-corrected chi connectivity index (χ1v) is 5.51. The molecule has 0 heterocycles. The Balaban J connectivity index is 2.20. The molecule has 12 heavy (non-hydrogen) atoms. The van der Waals surface area contributed by atoms with Gasteiger partial charge in [0, 0.05) is 0 Å². The topological polar surface area (TPSA) is 20.2 Å². The number of hydrogen-bond donors (Lipinski definition) is 1. The molecule has 0 aliphatic heterocycles. The zero-order valence-corrected chi connectivity index (χ0v) is 8.26. The molecule has 1 aliphatic carbocycles. The smallest absolute Gasteiger partial charge is 0.0540 e. The molecule has 0 radical (unpaired) electrons. The molecule has 0 atom stereocenters. The summed E-state index contributed by atoms with van der Waals surface area (Å²) in [6.07, 6.45) is 10.0. The quantitative estimate of drug-likeness (QED) is 0.675. The van der Waals surface area contributed by atoms with Crippen LogP contribution in [0.3, 0.4) is 0 Å².